The lowest BCUT2D eigenvalue weighted by molar-refractivity contribution is -0.384. The van der Waals surface area contributed by atoms with Crippen LogP contribution in [0.2, 0.25) is 0 Å². The van der Waals surface area contributed by atoms with Gasteiger partial charge in [0, 0.05) is 24.2 Å². The Balaban J connectivity index is 1.88. The summed E-state index contributed by atoms with van der Waals surface area (Å²) in [6.45, 7) is -0.138. The predicted octanol–water partition coefficient (Wildman–Crippen LogP) is 1.45. The number of H-pyrrole nitrogens is 2. The van der Waals surface area contributed by atoms with Gasteiger partial charge in [-0.3, -0.25) is 19.7 Å². The number of nitrogens with zero attached hydrogens (tertiary/aromatic N) is 1. The van der Waals surface area contributed by atoms with Gasteiger partial charge in [-0.05, 0) is 12.1 Å². The molecular formula is C17H15N5O6. The van der Waals surface area contributed by atoms with E-state index < -0.39 is 22.1 Å². The molecule has 0 aliphatic rings. The van der Waals surface area contributed by atoms with E-state index in [0.29, 0.717) is 11.4 Å². The van der Waals surface area contributed by atoms with Crippen LogP contribution in [0.3, 0.4) is 0 Å². The summed E-state index contributed by atoms with van der Waals surface area (Å²) < 4.78 is 5.14. The number of anilines is 1. The Labute approximate surface area is 156 Å². The number of aromatic amines is 2. The lowest BCUT2D eigenvalue weighted by Crippen LogP contribution is -2.31. The number of hydrogen-bond donors (Lipinski definition) is 4. The van der Waals surface area contributed by atoms with Gasteiger partial charge in [0.15, 0.2) is 0 Å². The molecule has 0 saturated heterocycles. The largest absolute Gasteiger partial charge is 0.495 e. The summed E-state index contributed by atoms with van der Waals surface area (Å²) in [7, 11) is 1.46. The number of nitro groups is 1. The number of hydrogen-bond acceptors (Lipinski definition) is 6. The topological polar surface area (TPSA) is 159 Å². The lowest BCUT2D eigenvalue weighted by atomic mass is 10.1. The Morgan fingerprint density at radius 2 is 1.89 bits per heavy atom. The Bertz CT molecular complexity index is 1180. The molecule has 0 aliphatic heterocycles. The first-order chi connectivity index (χ1) is 13.4. The highest BCUT2D eigenvalue weighted by atomic mass is 16.6. The van der Waals surface area contributed by atoms with Gasteiger partial charge in [0.25, 0.3) is 5.69 Å². The fourth-order valence-electron chi connectivity index (χ4n) is 2.62. The maximum atomic E-state index is 12.2. The number of urea groups is 1. The monoisotopic (exact) mass is 385 g/mol. The number of benzene rings is 2. The minimum Gasteiger partial charge on any atom is -0.495 e. The SMILES string of the molecule is COc1ccccc1NC(=O)NCc1cc([N+](=O)[O-])cc2[nH]c(=O)c(=O)[nH]c12. The molecule has 2 amide bonds. The maximum absolute atomic E-state index is 12.2. The van der Waals surface area contributed by atoms with Crippen LogP contribution in [0.25, 0.3) is 11.0 Å². The number of para-hydroxylation sites is 2. The van der Waals surface area contributed by atoms with Gasteiger partial charge in [0.2, 0.25) is 0 Å². The zero-order chi connectivity index (χ0) is 20.3. The molecule has 0 bridgehead atoms. The summed E-state index contributed by atoms with van der Waals surface area (Å²) in [5.74, 6) is 0.459. The highest BCUT2D eigenvalue weighted by molar-refractivity contribution is 5.91. The fourth-order valence-corrected chi connectivity index (χ4v) is 2.62. The number of amides is 2. The van der Waals surface area contributed by atoms with E-state index in [9.17, 15) is 24.5 Å². The third kappa shape index (κ3) is 3.82. The van der Waals surface area contributed by atoms with Gasteiger partial charge in [0.1, 0.15) is 5.75 Å². The van der Waals surface area contributed by atoms with E-state index in [1.54, 1.807) is 24.3 Å². The lowest BCUT2D eigenvalue weighted by Gasteiger charge is -2.12. The van der Waals surface area contributed by atoms with Crippen molar-refractivity contribution in [3.8, 4) is 5.75 Å². The van der Waals surface area contributed by atoms with Crippen LogP contribution in [-0.2, 0) is 6.54 Å². The summed E-state index contributed by atoms with van der Waals surface area (Å²) >= 11 is 0. The van der Waals surface area contributed by atoms with E-state index in [-0.39, 0.29) is 28.8 Å². The van der Waals surface area contributed by atoms with Crippen LogP contribution in [0, 0.1) is 10.1 Å². The summed E-state index contributed by atoms with van der Waals surface area (Å²) in [5.41, 5.74) is -1.16. The van der Waals surface area contributed by atoms with Gasteiger partial charge in [0.05, 0.1) is 28.8 Å². The second kappa shape index (κ2) is 7.61. The third-order valence-corrected chi connectivity index (χ3v) is 3.90. The average molecular weight is 385 g/mol. The van der Waals surface area contributed by atoms with Crippen molar-refractivity contribution >= 4 is 28.4 Å². The van der Waals surface area contributed by atoms with Gasteiger partial charge in [-0.25, -0.2) is 4.79 Å². The second-order valence-corrected chi connectivity index (χ2v) is 5.70. The molecule has 1 heterocycles. The number of carbonyl (C=O) groups excluding carboxylic acids is 1. The molecule has 0 aliphatic carbocycles. The zero-order valence-electron chi connectivity index (χ0n) is 14.6. The standard InChI is InChI=1S/C17H15N5O6/c1-28-13-5-3-2-4-11(13)20-17(25)18-8-9-6-10(22(26)27)7-12-14(9)21-16(24)15(23)19-12/h2-7H,8H2,1H3,(H,19,23)(H,21,24)(H2,18,20,25). The molecule has 4 N–H and O–H groups in total. The smallest absolute Gasteiger partial charge is 0.319 e. The van der Waals surface area contributed by atoms with Gasteiger partial charge >= 0.3 is 17.1 Å². The van der Waals surface area contributed by atoms with E-state index in [1.807, 2.05) is 0 Å². The number of carbonyl (C=O) groups is 1. The molecule has 11 nitrogen and oxygen atoms in total. The molecule has 0 spiro atoms. The molecule has 2 aromatic carbocycles. The van der Waals surface area contributed by atoms with Crippen LogP contribution in [0.5, 0.6) is 5.75 Å². The molecule has 144 valence electrons. The molecule has 0 atom stereocenters. The zero-order valence-corrected chi connectivity index (χ0v) is 14.6. The number of rotatable bonds is 5. The number of fused-ring (bicyclic) bond motifs is 1. The Morgan fingerprint density at radius 3 is 2.61 bits per heavy atom. The summed E-state index contributed by atoms with van der Waals surface area (Å²) in [6.07, 6.45) is 0. The minimum atomic E-state index is -0.930. The first-order valence-electron chi connectivity index (χ1n) is 8.00. The molecule has 3 aromatic rings. The van der Waals surface area contributed by atoms with Crippen LogP contribution < -0.4 is 26.5 Å². The maximum Gasteiger partial charge on any atom is 0.319 e. The molecular weight excluding hydrogens is 370 g/mol. The molecule has 11 heteroatoms. The van der Waals surface area contributed by atoms with Crippen molar-refractivity contribution in [3.63, 3.8) is 0 Å². The average Bonchev–Trinajstić information content (AvgIpc) is 2.67. The highest BCUT2D eigenvalue weighted by Crippen LogP contribution is 2.23. The Hall–Kier alpha value is -4.15. The van der Waals surface area contributed by atoms with Crippen LogP contribution >= 0.6 is 0 Å². The molecule has 3 rings (SSSR count). The fraction of sp³-hybridized carbons (Fsp3) is 0.118. The Morgan fingerprint density at radius 1 is 1.18 bits per heavy atom. The molecule has 0 saturated carbocycles. The number of nitrogens with one attached hydrogen (secondary N) is 4. The molecule has 0 fully saturated rings. The normalized spacial score (nSPS) is 10.5. The van der Waals surface area contributed by atoms with Crippen molar-refractivity contribution in [1.29, 1.82) is 0 Å². The molecule has 0 unspecified atom stereocenters. The molecule has 28 heavy (non-hydrogen) atoms. The van der Waals surface area contributed by atoms with Crippen LogP contribution in [0.15, 0.2) is 46.0 Å². The van der Waals surface area contributed by atoms with Crippen LogP contribution in [0.4, 0.5) is 16.2 Å². The first-order valence-corrected chi connectivity index (χ1v) is 8.00. The number of methoxy groups -OCH3 is 1. The minimum absolute atomic E-state index is 0.0840. The van der Waals surface area contributed by atoms with Gasteiger partial charge in [-0.1, -0.05) is 12.1 Å². The van der Waals surface area contributed by atoms with Crippen LogP contribution in [0.1, 0.15) is 5.56 Å². The van der Waals surface area contributed by atoms with Gasteiger partial charge in [-0.15, -0.1) is 0 Å². The van der Waals surface area contributed by atoms with E-state index in [4.69, 9.17) is 4.74 Å². The highest BCUT2D eigenvalue weighted by Gasteiger charge is 2.15. The second-order valence-electron chi connectivity index (χ2n) is 5.70. The van der Waals surface area contributed by atoms with E-state index in [2.05, 4.69) is 20.6 Å². The van der Waals surface area contributed by atoms with E-state index in [1.165, 1.54) is 13.2 Å². The third-order valence-electron chi connectivity index (χ3n) is 3.90. The Kier molecular flexibility index (Phi) is 5.07. The number of aromatic nitrogens is 2. The predicted molar refractivity (Wildman–Crippen MR) is 101 cm³/mol. The molecule has 1 aromatic heterocycles. The van der Waals surface area contributed by atoms with Crippen molar-refractivity contribution in [3.05, 3.63) is 72.8 Å². The van der Waals surface area contributed by atoms with Gasteiger partial charge < -0.3 is 25.3 Å². The summed E-state index contributed by atoms with van der Waals surface area (Å²) in [5, 5.41) is 16.3. The quantitative estimate of drug-likeness (QED) is 0.295. The summed E-state index contributed by atoms with van der Waals surface area (Å²) in [6, 6.07) is 8.52. The van der Waals surface area contributed by atoms with Crippen molar-refractivity contribution in [1.82, 2.24) is 15.3 Å². The summed E-state index contributed by atoms with van der Waals surface area (Å²) in [4.78, 5) is 50.4. The van der Waals surface area contributed by atoms with Crippen molar-refractivity contribution in [2.45, 2.75) is 6.54 Å². The first kappa shape index (κ1) is 18.6. The van der Waals surface area contributed by atoms with Crippen molar-refractivity contribution in [2.75, 3.05) is 12.4 Å². The van der Waals surface area contributed by atoms with Crippen LogP contribution in [-0.4, -0.2) is 28.0 Å². The van der Waals surface area contributed by atoms with Gasteiger partial charge in [-0.2, -0.15) is 0 Å². The van der Waals surface area contributed by atoms with E-state index >= 15 is 0 Å². The number of non-ortho nitro benzene ring substituents is 1. The van der Waals surface area contributed by atoms with Crippen molar-refractivity contribution < 1.29 is 14.5 Å². The van der Waals surface area contributed by atoms with Crippen molar-refractivity contribution in [2.24, 2.45) is 0 Å². The van der Waals surface area contributed by atoms with E-state index in [0.717, 1.165) is 6.07 Å². The number of ether oxygens (including phenoxy) is 1. The molecule has 0 radical (unpaired) electrons. The number of nitro benzene ring substituents is 1.